The third-order valence-corrected chi connectivity index (χ3v) is 3.45. The number of aliphatic imine (C=N–C) groups is 1. The van der Waals surface area contributed by atoms with E-state index >= 15 is 0 Å². The number of carbonyl (C=O) groups excluding carboxylic acids is 1. The molecule has 0 aliphatic carbocycles. The van der Waals surface area contributed by atoms with E-state index < -0.39 is 0 Å². The van der Waals surface area contributed by atoms with Gasteiger partial charge < -0.3 is 15.5 Å². The van der Waals surface area contributed by atoms with Gasteiger partial charge in [0.1, 0.15) is 0 Å². The van der Waals surface area contributed by atoms with Gasteiger partial charge in [0.25, 0.3) is 0 Å². The molecule has 0 spiro atoms. The first kappa shape index (κ1) is 17.7. The number of rotatable bonds is 4. The molecular weight excluding hydrogens is 383 g/mol. The molecule has 118 valence electrons. The lowest BCUT2D eigenvalue weighted by Gasteiger charge is -2.17. The van der Waals surface area contributed by atoms with Crippen molar-refractivity contribution >= 4 is 35.8 Å². The fourth-order valence-electron chi connectivity index (χ4n) is 2.21. The van der Waals surface area contributed by atoms with Gasteiger partial charge in [-0.3, -0.25) is 14.5 Å². The van der Waals surface area contributed by atoms with Crippen molar-refractivity contribution in [2.45, 2.75) is 19.4 Å². The van der Waals surface area contributed by atoms with Crippen molar-refractivity contribution in [2.75, 3.05) is 26.7 Å². The highest BCUT2D eigenvalue weighted by molar-refractivity contribution is 14.0. The number of hydrogen-bond donors (Lipinski definition) is 2. The largest absolute Gasteiger partial charge is 0.351 e. The number of halogens is 1. The average molecular weight is 406 g/mol. The van der Waals surface area contributed by atoms with Gasteiger partial charge in [-0.25, -0.2) is 0 Å². The van der Waals surface area contributed by atoms with E-state index in [-0.39, 0.29) is 36.4 Å². The third-order valence-electron chi connectivity index (χ3n) is 3.45. The zero-order valence-corrected chi connectivity index (χ0v) is 14.8. The van der Waals surface area contributed by atoms with E-state index in [4.69, 9.17) is 0 Å². The number of aromatic nitrogens is 2. The van der Waals surface area contributed by atoms with E-state index in [1.54, 1.807) is 17.9 Å². The van der Waals surface area contributed by atoms with Crippen LogP contribution in [-0.4, -0.2) is 53.2 Å². The van der Waals surface area contributed by atoms with Crippen LogP contribution in [0.1, 0.15) is 18.5 Å². The lowest BCUT2D eigenvalue weighted by atomic mass is 10.4. The van der Waals surface area contributed by atoms with Crippen molar-refractivity contribution in [3.8, 4) is 0 Å². The van der Waals surface area contributed by atoms with Crippen LogP contribution in [0.15, 0.2) is 17.3 Å². The molecule has 21 heavy (non-hydrogen) atoms. The molecule has 2 heterocycles. The molecule has 8 heteroatoms. The molecule has 0 aromatic carbocycles. The smallest absolute Gasteiger partial charge is 0.241 e. The van der Waals surface area contributed by atoms with Crippen LogP contribution in [0.25, 0.3) is 0 Å². The molecule has 1 aromatic heterocycles. The Morgan fingerprint density at radius 2 is 2.10 bits per heavy atom. The van der Waals surface area contributed by atoms with Crippen LogP contribution >= 0.6 is 24.0 Å². The Labute approximate surface area is 142 Å². The molecule has 2 rings (SSSR count). The first-order valence-electron chi connectivity index (χ1n) is 6.90. The fourth-order valence-corrected chi connectivity index (χ4v) is 2.21. The van der Waals surface area contributed by atoms with Crippen molar-refractivity contribution in [1.82, 2.24) is 25.3 Å². The van der Waals surface area contributed by atoms with E-state index in [1.165, 1.54) is 0 Å². The number of guanidine groups is 1. The standard InChI is InChI=1S/C13H22N6O.HI/c1-14-13(15-9-11-5-6-17-18(11)2)16-10-12(20)19-7-3-4-8-19;/h5-6H,3-4,7-10H2,1-2H3,(H2,14,15,16);1H. The van der Waals surface area contributed by atoms with Gasteiger partial charge in [0.15, 0.2) is 5.96 Å². The van der Waals surface area contributed by atoms with Gasteiger partial charge in [0, 0.05) is 33.4 Å². The lowest BCUT2D eigenvalue weighted by Crippen LogP contribution is -2.43. The minimum Gasteiger partial charge on any atom is -0.351 e. The summed E-state index contributed by atoms with van der Waals surface area (Å²) in [4.78, 5) is 17.9. The number of hydrogen-bond acceptors (Lipinski definition) is 3. The Morgan fingerprint density at radius 3 is 2.67 bits per heavy atom. The second-order valence-electron chi connectivity index (χ2n) is 4.81. The molecule has 1 aliphatic rings. The maximum absolute atomic E-state index is 11.9. The maximum atomic E-state index is 11.9. The molecular formula is C13H23IN6O. The van der Waals surface area contributed by atoms with Crippen molar-refractivity contribution in [3.63, 3.8) is 0 Å². The van der Waals surface area contributed by atoms with Crippen LogP contribution < -0.4 is 10.6 Å². The number of carbonyl (C=O) groups is 1. The summed E-state index contributed by atoms with van der Waals surface area (Å²) in [5.41, 5.74) is 1.05. The molecule has 0 radical (unpaired) electrons. The molecule has 7 nitrogen and oxygen atoms in total. The highest BCUT2D eigenvalue weighted by Gasteiger charge is 2.17. The van der Waals surface area contributed by atoms with Gasteiger partial charge in [-0.05, 0) is 18.9 Å². The van der Waals surface area contributed by atoms with E-state index in [1.807, 2.05) is 18.0 Å². The SMILES string of the molecule is CN=C(NCC(=O)N1CCCC1)NCc1ccnn1C.I. The second kappa shape index (κ2) is 8.85. The Morgan fingerprint density at radius 1 is 1.38 bits per heavy atom. The first-order valence-corrected chi connectivity index (χ1v) is 6.90. The van der Waals surface area contributed by atoms with Gasteiger partial charge in [-0.1, -0.05) is 0 Å². The molecule has 1 fully saturated rings. The fraction of sp³-hybridized carbons (Fsp3) is 0.615. The zero-order chi connectivity index (χ0) is 14.4. The molecule has 0 atom stereocenters. The summed E-state index contributed by atoms with van der Waals surface area (Å²) in [7, 11) is 3.59. The molecule has 1 aliphatic heterocycles. The van der Waals surface area contributed by atoms with Gasteiger partial charge >= 0.3 is 0 Å². The summed E-state index contributed by atoms with van der Waals surface area (Å²) in [6.07, 6.45) is 3.97. The van der Waals surface area contributed by atoms with Crippen LogP contribution in [0, 0.1) is 0 Å². The Hall–Kier alpha value is -1.32. The van der Waals surface area contributed by atoms with Gasteiger partial charge in [-0.2, -0.15) is 5.10 Å². The third kappa shape index (κ3) is 5.18. The Balaban J connectivity index is 0.00000220. The Kier molecular flexibility index (Phi) is 7.48. The molecule has 0 bridgehead atoms. The monoisotopic (exact) mass is 406 g/mol. The van der Waals surface area contributed by atoms with Crippen molar-refractivity contribution < 1.29 is 4.79 Å². The zero-order valence-electron chi connectivity index (χ0n) is 12.5. The van der Waals surface area contributed by atoms with E-state index in [2.05, 4.69) is 20.7 Å². The molecule has 1 amide bonds. The van der Waals surface area contributed by atoms with Crippen molar-refractivity contribution in [3.05, 3.63) is 18.0 Å². The molecule has 1 aromatic rings. The van der Waals surface area contributed by atoms with Crippen LogP contribution in [0.5, 0.6) is 0 Å². The highest BCUT2D eigenvalue weighted by Crippen LogP contribution is 2.06. The van der Waals surface area contributed by atoms with Crippen LogP contribution in [0.2, 0.25) is 0 Å². The normalized spacial score (nSPS) is 14.8. The summed E-state index contributed by atoms with van der Waals surface area (Å²) in [6.45, 7) is 2.66. The van der Waals surface area contributed by atoms with E-state index in [9.17, 15) is 4.79 Å². The summed E-state index contributed by atoms with van der Waals surface area (Å²) >= 11 is 0. The summed E-state index contributed by atoms with van der Waals surface area (Å²) < 4.78 is 1.80. The number of amides is 1. The predicted octanol–water partition coefficient (Wildman–Crippen LogP) is 0.325. The number of likely N-dealkylation sites (tertiary alicyclic amines) is 1. The maximum Gasteiger partial charge on any atom is 0.241 e. The summed E-state index contributed by atoms with van der Waals surface area (Å²) in [6, 6.07) is 1.94. The van der Waals surface area contributed by atoms with Crippen LogP contribution in [-0.2, 0) is 18.4 Å². The average Bonchev–Trinajstić information content (AvgIpc) is 3.10. The van der Waals surface area contributed by atoms with E-state index in [0.717, 1.165) is 31.6 Å². The Bertz CT molecular complexity index is 481. The summed E-state index contributed by atoms with van der Waals surface area (Å²) in [5, 5.41) is 10.3. The minimum absolute atomic E-state index is 0. The highest BCUT2D eigenvalue weighted by atomic mass is 127. The minimum atomic E-state index is 0. The van der Waals surface area contributed by atoms with Crippen molar-refractivity contribution in [1.29, 1.82) is 0 Å². The predicted molar refractivity (Wildman–Crippen MR) is 92.6 cm³/mol. The quantitative estimate of drug-likeness (QED) is 0.429. The molecule has 1 saturated heterocycles. The molecule has 0 unspecified atom stereocenters. The van der Waals surface area contributed by atoms with Gasteiger partial charge in [-0.15, -0.1) is 24.0 Å². The van der Waals surface area contributed by atoms with Gasteiger partial charge in [0.2, 0.25) is 5.91 Å². The topological polar surface area (TPSA) is 74.6 Å². The number of nitrogens with one attached hydrogen (secondary N) is 2. The second-order valence-corrected chi connectivity index (χ2v) is 4.81. The molecule has 0 saturated carbocycles. The lowest BCUT2D eigenvalue weighted by molar-refractivity contribution is -0.128. The number of aryl methyl sites for hydroxylation is 1. The van der Waals surface area contributed by atoms with Crippen molar-refractivity contribution in [2.24, 2.45) is 12.0 Å². The number of nitrogens with zero attached hydrogens (tertiary/aromatic N) is 4. The van der Waals surface area contributed by atoms with Gasteiger partial charge in [0.05, 0.1) is 18.8 Å². The molecule has 2 N–H and O–H groups in total. The van der Waals surface area contributed by atoms with E-state index in [0.29, 0.717) is 12.5 Å². The first-order chi connectivity index (χ1) is 9.70. The van der Waals surface area contributed by atoms with Crippen LogP contribution in [0.4, 0.5) is 0 Å². The summed E-state index contributed by atoms with van der Waals surface area (Å²) in [5.74, 6) is 0.754. The van der Waals surface area contributed by atoms with Crippen LogP contribution in [0.3, 0.4) is 0 Å².